The van der Waals surface area contributed by atoms with E-state index in [4.69, 9.17) is 0 Å². The molecule has 0 bridgehead atoms. The summed E-state index contributed by atoms with van der Waals surface area (Å²) in [6, 6.07) is 0. The van der Waals surface area contributed by atoms with Crippen molar-refractivity contribution in [3.8, 4) is 0 Å². The molecular weight excluding hydrogens is 262 g/mol. The molecule has 1 aliphatic carbocycles. The number of aliphatic hydroxyl groups is 1. The van der Waals surface area contributed by atoms with Gasteiger partial charge in [0.05, 0.1) is 11.3 Å². The summed E-state index contributed by atoms with van der Waals surface area (Å²) in [6.45, 7) is 5.86. The molecule has 4 nitrogen and oxygen atoms in total. The van der Waals surface area contributed by atoms with Crippen LogP contribution in [0.5, 0.6) is 0 Å². The van der Waals surface area contributed by atoms with Crippen LogP contribution in [0.15, 0.2) is 0 Å². The fourth-order valence-electron chi connectivity index (χ4n) is 3.58. The zero-order valence-electron chi connectivity index (χ0n) is 13.9. The lowest BCUT2D eigenvalue weighted by Gasteiger charge is -2.27. The lowest BCUT2D eigenvalue weighted by Crippen LogP contribution is -2.40. The molecule has 0 atom stereocenters. The molecule has 0 amide bonds. The molecule has 1 saturated carbocycles. The van der Waals surface area contributed by atoms with E-state index in [0.29, 0.717) is 6.54 Å². The Balaban J connectivity index is 1.96. The second kappa shape index (κ2) is 7.41. The Kier molecular flexibility index (Phi) is 5.82. The van der Waals surface area contributed by atoms with E-state index in [-0.39, 0.29) is 0 Å². The van der Waals surface area contributed by atoms with Gasteiger partial charge in [-0.05, 0) is 25.7 Å². The molecule has 2 N–H and O–H groups in total. The SMILES string of the molecule is CCc1nn(C)c(CC)c1CNCC1(O)CCCCCC1. The lowest BCUT2D eigenvalue weighted by molar-refractivity contribution is 0.0250. The smallest absolute Gasteiger partial charge is 0.0771 e. The topological polar surface area (TPSA) is 50.1 Å². The summed E-state index contributed by atoms with van der Waals surface area (Å²) in [5.74, 6) is 0. The van der Waals surface area contributed by atoms with Crippen molar-refractivity contribution in [3.63, 3.8) is 0 Å². The summed E-state index contributed by atoms with van der Waals surface area (Å²) in [5, 5.41) is 18.8. The van der Waals surface area contributed by atoms with Crippen LogP contribution in [0.1, 0.15) is 69.3 Å². The van der Waals surface area contributed by atoms with Crippen molar-refractivity contribution in [3.05, 3.63) is 17.0 Å². The van der Waals surface area contributed by atoms with Crippen molar-refractivity contribution < 1.29 is 5.11 Å². The maximum absolute atomic E-state index is 10.7. The number of aryl methyl sites for hydroxylation is 2. The maximum Gasteiger partial charge on any atom is 0.0771 e. The first kappa shape index (κ1) is 16.5. The molecule has 2 rings (SSSR count). The Morgan fingerprint density at radius 2 is 1.81 bits per heavy atom. The Labute approximate surface area is 128 Å². The van der Waals surface area contributed by atoms with Gasteiger partial charge in [0, 0.05) is 31.4 Å². The third kappa shape index (κ3) is 4.07. The molecule has 1 aromatic heterocycles. The average Bonchev–Trinajstić information content (AvgIpc) is 2.62. The van der Waals surface area contributed by atoms with Gasteiger partial charge in [0.15, 0.2) is 0 Å². The van der Waals surface area contributed by atoms with Gasteiger partial charge in [-0.2, -0.15) is 5.10 Å². The number of hydrogen-bond acceptors (Lipinski definition) is 3. The van der Waals surface area contributed by atoms with Crippen molar-refractivity contribution in [1.82, 2.24) is 15.1 Å². The van der Waals surface area contributed by atoms with Gasteiger partial charge < -0.3 is 10.4 Å². The molecule has 1 heterocycles. The molecule has 0 unspecified atom stereocenters. The maximum atomic E-state index is 10.7. The van der Waals surface area contributed by atoms with Crippen LogP contribution in [0.3, 0.4) is 0 Å². The highest BCUT2D eigenvalue weighted by molar-refractivity contribution is 5.26. The van der Waals surface area contributed by atoms with Gasteiger partial charge in [-0.1, -0.05) is 39.5 Å². The van der Waals surface area contributed by atoms with Gasteiger partial charge in [-0.3, -0.25) is 4.68 Å². The van der Waals surface area contributed by atoms with E-state index < -0.39 is 5.60 Å². The molecule has 0 saturated heterocycles. The highest BCUT2D eigenvalue weighted by Crippen LogP contribution is 2.26. The summed E-state index contributed by atoms with van der Waals surface area (Å²) in [4.78, 5) is 0. The van der Waals surface area contributed by atoms with Crippen LogP contribution < -0.4 is 5.32 Å². The number of hydrogen-bond donors (Lipinski definition) is 2. The largest absolute Gasteiger partial charge is 0.389 e. The second-order valence-corrected chi connectivity index (χ2v) is 6.44. The van der Waals surface area contributed by atoms with Crippen molar-refractivity contribution in [1.29, 1.82) is 0 Å². The van der Waals surface area contributed by atoms with Crippen molar-refractivity contribution in [2.24, 2.45) is 7.05 Å². The minimum Gasteiger partial charge on any atom is -0.389 e. The first-order chi connectivity index (χ1) is 10.1. The van der Waals surface area contributed by atoms with Gasteiger partial charge in [0.2, 0.25) is 0 Å². The van der Waals surface area contributed by atoms with Crippen molar-refractivity contribution >= 4 is 0 Å². The number of nitrogens with one attached hydrogen (secondary N) is 1. The van der Waals surface area contributed by atoms with E-state index >= 15 is 0 Å². The average molecular weight is 293 g/mol. The van der Waals surface area contributed by atoms with Crippen LogP contribution in [0.25, 0.3) is 0 Å². The van der Waals surface area contributed by atoms with Crippen molar-refractivity contribution in [2.45, 2.75) is 77.4 Å². The highest BCUT2D eigenvalue weighted by Gasteiger charge is 2.27. The van der Waals surface area contributed by atoms with Crippen molar-refractivity contribution in [2.75, 3.05) is 6.54 Å². The molecule has 1 aliphatic rings. The first-order valence-electron chi connectivity index (χ1n) is 8.56. The predicted molar refractivity (Wildman–Crippen MR) is 86.3 cm³/mol. The molecule has 0 aromatic carbocycles. The number of aromatic nitrogens is 2. The zero-order chi connectivity index (χ0) is 15.3. The van der Waals surface area contributed by atoms with E-state index in [0.717, 1.165) is 45.1 Å². The standard InChI is InChI=1S/C17H31N3O/c1-4-15-14(16(5-2)20(3)19-15)12-18-13-17(21)10-8-6-7-9-11-17/h18,21H,4-13H2,1-3H3. The molecule has 4 heteroatoms. The Morgan fingerprint density at radius 3 is 2.38 bits per heavy atom. The normalized spacial score (nSPS) is 18.7. The van der Waals surface area contributed by atoms with Gasteiger partial charge in [0.1, 0.15) is 0 Å². The van der Waals surface area contributed by atoms with Gasteiger partial charge in [0.25, 0.3) is 0 Å². The molecule has 120 valence electrons. The van der Waals surface area contributed by atoms with Crippen LogP contribution >= 0.6 is 0 Å². The summed E-state index contributed by atoms with van der Waals surface area (Å²) >= 11 is 0. The minimum absolute atomic E-state index is 0.503. The molecule has 1 aromatic rings. The lowest BCUT2D eigenvalue weighted by atomic mass is 9.94. The van der Waals surface area contributed by atoms with Crippen LogP contribution in [0, 0.1) is 0 Å². The van der Waals surface area contributed by atoms with E-state index in [1.165, 1.54) is 29.8 Å². The molecule has 0 aliphatic heterocycles. The molecule has 0 spiro atoms. The van der Waals surface area contributed by atoms with E-state index in [9.17, 15) is 5.11 Å². The summed E-state index contributed by atoms with van der Waals surface area (Å²) in [5.41, 5.74) is 3.33. The Morgan fingerprint density at radius 1 is 1.14 bits per heavy atom. The summed E-state index contributed by atoms with van der Waals surface area (Å²) in [7, 11) is 2.03. The number of nitrogens with zero attached hydrogens (tertiary/aromatic N) is 2. The Bertz CT molecular complexity index is 445. The molecular formula is C17H31N3O. The second-order valence-electron chi connectivity index (χ2n) is 6.44. The van der Waals surface area contributed by atoms with E-state index in [2.05, 4.69) is 24.3 Å². The van der Waals surface area contributed by atoms with Gasteiger partial charge in [-0.15, -0.1) is 0 Å². The third-order valence-electron chi connectivity index (χ3n) is 4.82. The van der Waals surface area contributed by atoms with Crippen LogP contribution in [-0.2, 0) is 26.4 Å². The molecule has 0 radical (unpaired) electrons. The fraction of sp³-hybridized carbons (Fsp3) is 0.824. The summed E-state index contributed by atoms with van der Waals surface area (Å²) in [6.07, 6.45) is 8.70. The van der Waals surface area contributed by atoms with Gasteiger partial charge >= 0.3 is 0 Å². The highest BCUT2D eigenvalue weighted by atomic mass is 16.3. The van der Waals surface area contributed by atoms with E-state index in [1.54, 1.807) is 0 Å². The Hall–Kier alpha value is -0.870. The fourth-order valence-corrected chi connectivity index (χ4v) is 3.58. The van der Waals surface area contributed by atoms with Crippen LogP contribution in [-0.4, -0.2) is 27.0 Å². The minimum atomic E-state index is -0.503. The van der Waals surface area contributed by atoms with Crippen LogP contribution in [0.2, 0.25) is 0 Å². The predicted octanol–water partition coefficient (Wildman–Crippen LogP) is 2.72. The number of rotatable bonds is 6. The third-order valence-corrected chi connectivity index (χ3v) is 4.82. The molecule has 21 heavy (non-hydrogen) atoms. The van der Waals surface area contributed by atoms with E-state index in [1.807, 2.05) is 11.7 Å². The monoisotopic (exact) mass is 293 g/mol. The summed E-state index contributed by atoms with van der Waals surface area (Å²) < 4.78 is 2.01. The quantitative estimate of drug-likeness (QED) is 0.793. The molecule has 1 fully saturated rings. The van der Waals surface area contributed by atoms with Gasteiger partial charge in [-0.25, -0.2) is 0 Å². The van der Waals surface area contributed by atoms with Crippen LogP contribution in [0.4, 0.5) is 0 Å². The first-order valence-corrected chi connectivity index (χ1v) is 8.56. The zero-order valence-corrected chi connectivity index (χ0v) is 13.9.